The van der Waals surface area contributed by atoms with E-state index in [0.29, 0.717) is 11.6 Å². The van der Waals surface area contributed by atoms with Gasteiger partial charge in [0.05, 0.1) is 10.6 Å². The molecule has 45 heavy (non-hydrogen) atoms. The van der Waals surface area contributed by atoms with E-state index in [0.717, 1.165) is 25.5 Å². The van der Waals surface area contributed by atoms with Crippen LogP contribution in [-0.4, -0.2) is 44.3 Å². The van der Waals surface area contributed by atoms with Crippen molar-refractivity contribution in [3.05, 3.63) is 129 Å². The molecule has 1 N–H and O–H groups in total. The average Bonchev–Trinajstić information content (AvgIpc) is 3.01. The van der Waals surface area contributed by atoms with Gasteiger partial charge in [0, 0.05) is 29.0 Å². The predicted molar refractivity (Wildman–Crippen MR) is 184 cm³/mol. The maximum absolute atomic E-state index is 14.5. The molecule has 0 aliphatic carbocycles. The van der Waals surface area contributed by atoms with Gasteiger partial charge in [0.25, 0.3) is 10.0 Å². The summed E-state index contributed by atoms with van der Waals surface area (Å²) in [5, 5.41) is 3.43. The van der Waals surface area contributed by atoms with Crippen LogP contribution in [0.25, 0.3) is 0 Å². The van der Waals surface area contributed by atoms with Gasteiger partial charge in [-0.2, -0.15) is 0 Å². The van der Waals surface area contributed by atoms with Crippen LogP contribution in [0, 0.1) is 12.8 Å². The van der Waals surface area contributed by atoms with Crippen LogP contribution >= 0.6 is 27.5 Å². The van der Waals surface area contributed by atoms with Gasteiger partial charge in [0.1, 0.15) is 12.6 Å². The van der Waals surface area contributed by atoms with Crippen molar-refractivity contribution >= 4 is 55.1 Å². The highest BCUT2D eigenvalue weighted by Crippen LogP contribution is 2.27. The van der Waals surface area contributed by atoms with Crippen molar-refractivity contribution in [2.45, 2.75) is 44.7 Å². The number of rotatable bonds is 13. The first kappa shape index (κ1) is 34.2. The van der Waals surface area contributed by atoms with Crippen molar-refractivity contribution in [2.75, 3.05) is 17.4 Å². The molecule has 2 amide bonds. The molecular weight excluding hydrogens is 674 g/mol. The van der Waals surface area contributed by atoms with Gasteiger partial charge in [-0.25, -0.2) is 8.42 Å². The SMILES string of the molecule is Cc1ccc(S(=O)(=O)N(CC(=O)N(Cc2cccc(Br)c2)[C@@H](Cc2ccccc2)C(=O)NCC(C)C)c2ccc(Cl)cc2)cc1. The van der Waals surface area contributed by atoms with Gasteiger partial charge in [0.2, 0.25) is 11.8 Å². The number of anilines is 1. The van der Waals surface area contributed by atoms with Gasteiger partial charge < -0.3 is 10.2 Å². The van der Waals surface area contributed by atoms with E-state index in [9.17, 15) is 18.0 Å². The Bertz CT molecular complexity index is 1700. The summed E-state index contributed by atoms with van der Waals surface area (Å²) in [6.07, 6.45) is 0.246. The van der Waals surface area contributed by atoms with E-state index in [4.69, 9.17) is 11.6 Å². The molecular formula is C35H37BrClN3O4S. The van der Waals surface area contributed by atoms with Crippen LogP contribution in [0.3, 0.4) is 0 Å². The highest BCUT2D eigenvalue weighted by Gasteiger charge is 2.34. The number of nitrogens with zero attached hydrogens (tertiary/aromatic N) is 2. The highest BCUT2D eigenvalue weighted by molar-refractivity contribution is 9.10. The molecule has 0 bridgehead atoms. The molecule has 0 spiro atoms. The topological polar surface area (TPSA) is 86.8 Å². The molecule has 0 aromatic heterocycles. The summed E-state index contributed by atoms with van der Waals surface area (Å²) < 4.78 is 30.1. The second kappa shape index (κ2) is 15.6. The van der Waals surface area contributed by atoms with Crippen LogP contribution in [-0.2, 0) is 32.6 Å². The number of aryl methyl sites for hydroxylation is 1. The number of carbonyl (C=O) groups is 2. The number of benzene rings is 4. The van der Waals surface area contributed by atoms with E-state index in [1.165, 1.54) is 17.0 Å². The quantitative estimate of drug-likeness (QED) is 0.162. The molecule has 0 fully saturated rings. The average molecular weight is 711 g/mol. The molecule has 0 saturated heterocycles. The third kappa shape index (κ3) is 9.42. The Balaban J connectivity index is 1.79. The summed E-state index contributed by atoms with van der Waals surface area (Å²) in [6, 6.07) is 28.8. The third-order valence-electron chi connectivity index (χ3n) is 7.20. The largest absolute Gasteiger partial charge is 0.354 e. The van der Waals surface area contributed by atoms with Crippen LogP contribution in [0.5, 0.6) is 0 Å². The van der Waals surface area contributed by atoms with Crippen molar-refractivity contribution in [3.63, 3.8) is 0 Å². The van der Waals surface area contributed by atoms with Crippen LogP contribution in [0.15, 0.2) is 112 Å². The fourth-order valence-corrected chi connectivity index (χ4v) is 6.77. The Morgan fingerprint density at radius 3 is 2.13 bits per heavy atom. The highest BCUT2D eigenvalue weighted by atomic mass is 79.9. The number of nitrogens with one attached hydrogen (secondary N) is 1. The molecule has 1 atom stereocenters. The van der Waals surface area contributed by atoms with E-state index in [2.05, 4.69) is 21.2 Å². The summed E-state index contributed by atoms with van der Waals surface area (Å²) in [4.78, 5) is 29.9. The molecule has 4 aromatic rings. The van der Waals surface area contributed by atoms with E-state index < -0.39 is 28.5 Å². The summed E-state index contributed by atoms with van der Waals surface area (Å²) in [7, 11) is -4.18. The number of amides is 2. The zero-order valence-corrected chi connectivity index (χ0v) is 28.6. The minimum absolute atomic E-state index is 0.0462. The molecule has 7 nitrogen and oxygen atoms in total. The lowest BCUT2D eigenvalue weighted by Crippen LogP contribution is -2.53. The van der Waals surface area contributed by atoms with Gasteiger partial charge >= 0.3 is 0 Å². The lowest BCUT2D eigenvalue weighted by molar-refractivity contribution is -0.140. The molecule has 10 heteroatoms. The first-order chi connectivity index (χ1) is 21.4. The van der Waals surface area contributed by atoms with Crippen molar-refractivity contribution in [1.82, 2.24) is 10.2 Å². The number of hydrogen-bond acceptors (Lipinski definition) is 4. The summed E-state index contributed by atoms with van der Waals surface area (Å²) in [5.74, 6) is -0.642. The lowest BCUT2D eigenvalue weighted by atomic mass is 10.0. The minimum Gasteiger partial charge on any atom is -0.354 e. The van der Waals surface area contributed by atoms with Crippen LogP contribution in [0.4, 0.5) is 5.69 Å². The summed E-state index contributed by atoms with van der Waals surface area (Å²) in [6.45, 7) is 5.85. The molecule has 4 rings (SSSR count). The Hall–Kier alpha value is -3.66. The van der Waals surface area contributed by atoms with Gasteiger partial charge in [-0.1, -0.05) is 102 Å². The second-order valence-electron chi connectivity index (χ2n) is 11.3. The maximum Gasteiger partial charge on any atom is 0.264 e. The standard InChI is InChI=1S/C35H37BrClN3O4S/c1-25(2)22-38-35(42)33(21-27-8-5-4-6-9-27)39(23-28-10-7-11-29(36)20-28)34(41)24-40(31-16-14-30(37)15-17-31)45(43,44)32-18-12-26(3)13-19-32/h4-20,25,33H,21-24H2,1-3H3,(H,38,42)/t33-/m0/s1. The number of halogens is 2. The lowest BCUT2D eigenvalue weighted by Gasteiger charge is -2.34. The summed E-state index contributed by atoms with van der Waals surface area (Å²) in [5.41, 5.74) is 2.84. The number of sulfonamides is 1. The van der Waals surface area contributed by atoms with E-state index in [1.807, 2.05) is 75.4 Å². The first-order valence-corrected chi connectivity index (χ1v) is 17.3. The Labute approximate surface area is 279 Å². The van der Waals surface area contributed by atoms with E-state index >= 15 is 0 Å². The van der Waals surface area contributed by atoms with Gasteiger partial charge in [-0.15, -0.1) is 0 Å². The van der Waals surface area contributed by atoms with Crippen molar-refractivity contribution in [1.29, 1.82) is 0 Å². The summed E-state index contributed by atoms with van der Waals surface area (Å²) >= 11 is 9.64. The van der Waals surface area contributed by atoms with Gasteiger partial charge in [0.15, 0.2) is 0 Å². The molecule has 0 saturated carbocycles. The van der Waals surface area contributed by atoms with Crippen LogP contribution in [0.2, 0.25) is 5.02 Å². The fourth-order valence-electron chi connectivity index (χ4n) is 4.78. The molecule has 0 aliphatic rings. The molecule has 0 heterocycles. The predicted octanol–water partition coefficient (Wildman–Crippen LogP) is 7.02. The van der Waals surface area contributed by atoms with Crippen molar-refractivity contribution in [3.8, 4) is 0 Å². The Morgan fingerprint density at radius 2 is 1.51 bits per heavy atom. The molecule has 236 valence electrons. The fraction of sp³-hybridized carbons (Fsp3) is 0.257. The van der Waals surface area contributed by atoms with Crippen molar-refractivity contribution < 1.29 is 18.0 Å². The number of carbonyl (C=O) groups excluding carboxylic acids is 2. The maximum atomic E-state index is 14.5. The minimum atomic E-state index is -4.18. The smallest absolute Gasteiger partial charge is 0.264 e. The molecule has 0 radical (unpaired) electrons. The Morgan fingerprint density at radius 1 is 0.867 bits per heavy atom. The monoisotopic (exact) mass is 709 g/mol. The van der Waals surface area contributed by atoms with E-state index in [1.54, 1.807) is 36.4 Å². The van der Waals surface area contributed by atoms with Crippen LogP contribution < -0.4 is 9.62 Å². The van der Waals surface area contributed by atoms with Crippen molar-refractivity contribution in [2.24, 2.45) is 5.92 Å². The van der Waals surface area contributed by atoms with Gasteiger partial charge in [-0.3, -0.25) is 13.9 Å². The van der Waals surface area contributed by atoms with Crippen LogP contribution in [0.1, 0.15) is 30.5 Å². The number of hydrogen-bond donors (Lipinski definition) is 1. The zero-order valence-electron chi connectivity index (χ0n) is 25.5. The van der Waals surface area contributed by atoms with E-state index in [-0.39, 0.29) is 35.4 Å². The Kier molecular flexibility index (Phi) is 11.8. The molecule has 4 aromatic carbocycles. The first-order valence-electron chi connectivity index (χ1n) is 14.6. The van der Waals surface area contributed by atoms with Gasteiger partial charge in [-0.05, 0) is 72.5 Å². The third-order valence-corrected chi connectivity index (χ3v) is 9.73. The molecule has 0 aliphatic heterocycles. The molecule has 0 unspecified atom stereocenters. The second-order valence-corrected chi connectivity index (χ2v) is 14.5. The normalized spacial score (nSPS) is 12.0. The zero-order chi connectivity index (χ0) is 32.6.